The molecule has 0 bridgehead atoms. The van der Waals surface area contributed by atoms with Crippen LogP contribution in [0.3, 0.4) is 0 Å². The highest BCUT2D eigenvalue weighted by atomic mass is 35.5. The number of amides is 1. The summed E-state index contributed by atoms with van der Waals surface area (Å²) in [4.78, 5) is 14.2. The van der Waals surface area contributed by atoms with Crippen LogP contribution in [0, 0.1) is 0 Å². The monoisotopic (exact) mass is 333 g/mol. The molecule has 1 aromatic rings. The van der Waals surface area contributed by atoms with Crippen LogP contribution in [0.5, 0.6) is 0 Å². The van der Waals surface area contributed by atoms with Crippen molar-refractivity contribution in [3.63, 3.8) is 0 Å². The van der Waals surface area contributed by atoms with E-state index in [1.54, 1.807) is 24.3 Å². The Bertz CT molecular complexity index is 589. The predicted octanol–water partition coefficient (Wildman–Crippen LogP) is 0.914. The van der Waals surface area contributed by atoms with E-state index >= 15 is 0 Å². The molecule has 0 spiro atoms. The predicted molar refractivity (Wildman–Crippen MR) is 85.5 cm³/mol. The highest BCUT2D eigenvalue weighted by Crippen LogP contribution is 2.14. The molecule has 2 N–H and O–H groups in total. The number of anilines is 1. The van der Waals surface area contributed by atoms with E-state index in [1.807, 2.05) is 11.8 Å². The number of benzene rings is 1. The van der Waals surface area contributed by atoms with Gasteiger partial charge < -0.3 is 10.2 Å². The third-order valence-electron chi connectivity index (χ3n) is 3.20. The maximum Gasteiger partial charge on any atom is 0.254 e. The van der Waals surface area contributed by atoms with Gasteiger partial charge in [-0.15, -0.1) is 12.4 Å². The number of hydrogen-bond acceptors (Lipinski definition) is 4. The maximum absolute atomic E-state index is 12.4. The van der Waals surface area contributed by atoms with E-state index in [0.717, 1.165) is 19.3 Å². The van der Waals surface area contributed by atoms with E-state index in [0.29, 0.717) is 17.8 Å². The van der Waals surface area contributed by atoms with Gasteiger partial charge in [-0.2, -0.15) is 0 Å². The molecule has 0 saturated carbocycles. The average molecular weight is 334 g/mol. The molecular formula is C13H20ClN3O3S. The quantitative estimate of drug-likeness (QED) is 0.862. The number of hydrogen-bond donors (Lipinski definition) is 2. The molecule has 0 unspecified atom stereocenters. The first-order valence-corrected chi connectivity index (χ1v) is 8.35. The third kappa shape index (κ3) is 4.87. The summed E-state index contributed by atoms with van der Waals surface area (Å²) in [5, 5.41) is 3.24. The van der Waals surface area contributed by atoms with E-state index in [1.165, 1.54) is 0 Å². The molecule has 118 valence electrons. The van der Waals surface area contributed by atoms with Gasteiger partial charge in [0.2, 0.25) is 10.0 Å². The first-order valence-electron chi connectivity index (χ1n) is 6.46. The van der Waals surface area contributed by atoms with Crippen LogP contribution in [-0.4, -0.2) is 51.2 Å². The van der Waals surface area contributed by atoms with Crippen LogP contribution >= 0.6 is 12.4 Å². The van der Waals surface area contributed by atoms with Crippen molar-refractivity contribution >= 4 is 34.0 Å². The van der Waals surface area contributed by atoms with Gasteiger partial charge in [0.15, 0.2) is 0 Å². The molecule has 0 aromatic heterocycles. The number of carbonyl (C=O) groups is 1. The van der Waals surface area contributed by atoms with Crippen molar-refractivity contribution < 1.29 is 13.2 Å². The summed E-state index contributed by atoms with van der Waals surface area (Å²) in [6.45, 7) is 4.27. The Morgan fingerprint density at radius 1 is 1.33 bits per heavy atom. The maximum atomic E-state index is 12.4. The van der Waals surface area contributed by atoms with Crippen molar-refractivity contribution in [2.24, 2.45) is 0 Å². The SMILES string of the molecule is C[C@H]1CNCCN1C(=O)c1ccc(NS(C)(=O)=O)cc1.Cl. The number of carbonyl (C=O) groups excluding carboxylic acids is 1. The van der Waals surface area contributed by atoms with Crippen LogP contribution in [0.1, 0.15) is 17.3 Å². The molecule has 1 amide bonds. The van der Waals surface area contributed by atoms with E-state index in [-0.39, 0.29) is 24.4 Å². The lowest BCUT2D eigenvalue weighted by Crippen LogP contribution is -2.52. The van der Waals surface area contributed by atoms with Crippen LogP contribution < -0.4 is 10.0 Å². The van der Waals surface area contributed by atoms with Crippen molar-refractivity contribution in [1.29, 1.82) is 0 Å². The van der Waals surface area contributed by atoms with Crippen molar-refractivity contribution in [3.8, 4) is 0 Å². The zero-order valence-electron chi connectivity index (χ0n) is 12.0. The lowest BCUT2D eigenvalue weighted by atomic mass is 10.1. The van der Waals surface area contributed by atoms with Crippen LogP contribution in [-0.2, 0) is 10.0 Å². The van der Waals surface area contributed by atoms with E-state index < -0.39 is 10.0 Å². The van der Waals surface area contributed by atoms with Gasteiger partial charge in [-0.05, 0) is 31.2 Å². The van der Waals surface area contributed by atoms with Gasteiger partial charge in [0.05, 0.1) is 6.26 Å². The Hall–Kier alpha value is -1.31. The summed E-state index contributed by atoms with van der Waals surface area (Å²) in [5.74, 6) is -0.0232. The zero-order valence-corrected chi connectivity index (χ0v) is 13.6. The fourth-order valence-corrected chi connectivity index (χ4v) is 2.77. The molecule has 1 saturated heterocycles. The Kier molecular flexibility index (Phi) is 6.00. The molecular weight excluding hydrogens is 314 g/mol. The Balaban J connectivity index is 0.00000220. The van der Waals surface area contributed by atoms with Gasteiger partial charge in [-0.3, -0.25) is 9.52 Å². The zero-order chi connectivity index (χ0) is 14.8. The lowest BCUT2D eigenvalue weighted by Gasteiger charge is -2.34. The van der Waals surface area contributed by atoms with Gasteiger partial charge >= 0.3 is 0 Å². The average Bonchev–Trinajstić information content (AvgIpc) is 2.37. The minimum absolute atomic E-state index is 0. The topological polar surface area (TPSA) is 78.5 Å². The van der Waals surface area contributed by atoms with Crippen LogP contribution in [0.15, 0.2) is 24.3 Å². The lowest BCUT2D eigenvalue weighted by molar-refractivity contribution is 0.0656. The second kappa shape index (κ2) is 7.11. The second-order valence-electron chi connectivity index (χ2n) is 5.00. The fraction of sp³-hybridized carbons (Fsp3) is 0.462. The third-order valence-corrected chi connectivity index (χ3v) is 3.80. The molecule has 21 heavy (non-hydrogen) atoms. The normalized spacial score (nSPS) is 18.8. The summed E-state index contributed by atoms with van der Waals surface area (Å²) >= 11 is 0. The summed E-state index contributed by atoms with van der Waals surface area (Å²) in [5.41, 5.74) is 1.02. The molecule has 0 aliphatic carbocycles. The van der Waals surface area contributed by atoms with E-state index in [4.69, 9.17) is 0 Å². The second-order valence-corrected chi connectivity index (χ2v) is 6.75. The minimum atomic E-state index is -3.29. The van der Waals surface area contributed by atoms with Gasteiger partial charge in [0, 0.05) is 36.9 Å². The van der Waals surface area contributed by atoms with Gasteiger partial charge in [-0.1, -0.05) is 0 Å². The molecule has 1 aromatic carbocycles. The van der Waals surface area contributed by atoms with Gasteiger partial charge in [0.25, 0.3) is 5.91 Å². The molecule has 8 heteroatoms. The number of rotatable bonds is 3. The molecule has 1 aliphatic rings. The van der Waals surface area contributed by atoms with Crippen molar-refractivity contribution in [1.82, 2.24) is 10.2 Å². The number of nitrogens with zero attached hydrogens (tertiary/aromatic N) is 1. The molecule has 6 nitrogen and oxygen atoms in total. The van der Waals surface area contributed by atoms with Crippen molar-refractivity contribution in [2.75, 3.05) is 30.6 Å². The van der Waals surface area contributed by atoms with E-state index in [2.05, 4.69) is 10.0 Å². The Morgan fingerprint density at radius 3 is 2.48 bits per heavy atom. The number of halogens is 1. The first-order chi connectivity index (χ1) is 9.37. The van der Waals surface area contributed by atoms with E-state index in [9.17, 15) is 13.2 Å². The van der Waals surface area contributed by atoms with Crippen molar-refractivity contribution in [2.45, 2.75) is 13.0 Å². The smallest absolute Gasteiger partial charge is 0.254 e. The summed E-state index contributed by atoms with van der Waals surface area (Å²) in [7, 11) is -3.29. The largest absolute Gasteiger partial charge is 0.333 e. The molecule has 1 aliphatic heterocycles. The number of sulfonamides is 1. The van der Waals surface area contributed by atoms with Gasteiger partial charge in [-0.25, -0.2) is 8.42 Å². The van der Waals surface area contributed by atoms with Crippen molar-refractivity contribution in [3.05, 3.63) is 29.8 Å². The van der Waals surface area contributed by atoms with Gasteiger partial charge in [0.1, 0.15) is 0 Å². The standard InChI is InChI=1S/C13H19N3O3S.ClH/c1-10-9-14-7-8-16(10)13(17)11-3-5-12(6-4-11)15-20(2,18)19;/h3-6,10,14-15H,7-9H2,1-2H3;1H/t10-;/m0./s1. The molecule has 2 rings (SSSR count). The highest BCUT2D eigenvalue weighted by Gasteiger charge is 2.23. The summed E-state index contributed by atoms with van der Waals surface area (Å²) in [6, 6.07) is 6.64. The van der Waals surface area contributed by atoms with Crippen LogP contribution in [0.25, 0.3) is 0 Å². The minimum Gasteiger partial charge on any atom is -0.333 e. The Labute approximate surface area is 131 Å². The molecule has 1 atom stereocenters. The first kappa shape index (κ1) is 17.7. The summed E-state index contributed by atoms with van der Waals surface area (Å²) in [6.07, 6.45) is 1.09. The van der Waals surface area contributed by atoms with Crippen LogP contribution in [0.2, 0.25) is 0 Å². The summed E-state index contributed by atoms with van der Waals surface area (Å²) < 4.78 is 24.6. The number of nitrogens with one attached hydrogen (secondary N) is 2. The molecule has 1 heterocycles. The number of piperazine rings is 1. The molecule has 0 radical (unpaired) electrons. The highest BCUT2D eigenvalue weighted by molar-refractivity contribution is 7.92. The van der Waals surface area contributed by atoms with Crippen LogP contribution in [0.4, 0.5) is 5.69 Å². The molecule has 1 fully saturated rings. The Morgan fingerprint density at radius 2 is 1.95 bits per heavy atom. The fourth-order valence-electron chi connectivity index (χ4n) is 2.20.